The second-order valence-corrected chi connectivity index (χ2v) is 4.71. The molecule has 0 aliphatic heterocycles. The molecule has 1 heterocycles. The number of nitrogens with zero attached hydrogens (tertiary/aromatic N) is 2. The van der Waals surface area contributed by atoms with E-state index in [-0.39, 0.29) is 11.9 Å². The molecule has 1 N–H and O–H groups in total. The van der Waals surface area contributed by atoms with Crippen molar-refractivity contribution < 1.29 is 19.5 Å². The number of hydrogen-bond donors (Lipinski definition) is 1. The normalized spacial score (nSPS) is 10.5. The van der Waals surface area contributed by atoms with Crippen LogP contribution in [0.2, 0.25) is 0 Å². The first-order chi connectivity index (χ1) is 11.0. The van der Waals surface area contributed by atoms with Crippen molar-refractivity contribution in [3.05, 3.63) is 45.3 Å². The first-order valence-electron chi connectivity index (χ1n) is 6.73. The molecular weight excluding hydrogens is 304 g/mol. The van der Waals surface area contributed by atoms with Crippen molar-refractivity contribution in [1.82, 2.24) is 4.57 Å². The Labute approximate surface area is 131 Å². The van der Waals surface area contributed by atoms with Crippen molar-refractivity contribution in [1.29, 1.82) is 0 Å². The summed E-state index contributed by atoms with van der Waals surface area (Å²) in [6.45, 7) is 3.77. The smallest absolute Gasteiger partial charge is 0.375 e. The second kappa shape index (κ2) is 6.39. The highest BCUT2D eigenvalue weighted by atomic mass is 16.6. The lowest BCUT2D eigenvalue weighted by molar-refractivity contribution is -0.387. The van der Waals surface area contributed by atoms with E-state index in [9.17, 15) is 20.0 Å². The van der Waals surface area contributed by atoms with E-state index in [2.05, 4.69) is 6.58 Å². The zero-order valence-corrected chi connectivity index (χ0v) is 12.7. The number of benzene rings is 1. The third-order valence-corrected chi connectivity index (χ3v) is 3.46. The third kappa shape index (κ3) is 2.70. The number of fused-ring (bicyclic) bond motifs is 1. The van der Waals surface area contributed by atoms with Crippen molar-refractivity contribution in [2.75, 3.05) is 14.2 Å². The van der Waals surface area contributed by atoms with Gasteiger partial charge in [0.2, 0.25) is 5.75 Å². The van der Waals surface area contributed by atoms with Gasteiger partial charge in [-0.1, -0.05) is 6.08 Å². The van der Waals surface area contributed by atoms with Crippen LogP contribution in [0.4, 0.5) is 5.69 Å². The average molecular weight is 320 g/mol. The molecule has 0 saturated carbocycles. The molecule has 1 aromatic carbocycles. The van der Waals surface area contributed by atoms with Gasteiger partial charge in [0, 0.05) is 12.6 Å². The van der Waals surface area contributed by atoms with Crippen LogP contribution in [0, 0.1) is 10.1 Å². The number of ether oxygens (including phenoxy) is 2. The Morgan fingerprint density at radius 1 is 1.35 bits per heavy atom. The SMILES string of the molecule is C=CCCn1c(=O)c([N+](=O)[O-])c(O)c2cc(OC)c(OC)cc21. The molecule has 0 aliphatic rings. The summed E-state index contributed by atoms with van der Waals surface area (Å²) in [7, 11) is 2.84. The Morgan fingerprint density at radius 3 is 2.48 bits per heavy atom. The Kier molecular flexibility index (Phi) is 4.54. The molecule has 0 unspecified atom stereocenters. The van der Waals surface area contributed by atoms with E-state index in [0.29, 0.717) is 23.4 Å². The summed E-state index contributed by atoms with van der Waals surface area (Å²) in [5.74, 6) is -0.0515. The lowest BCUT2D eigenvalue weighted by Crippen LogP contribution is -2.23. The van der Waals surface area contributed by atoms with E-state index in [0.717, 1.165) is 0 Å². The summed E-state index contributed by atoms with van der Waals surface area (Å²) in [5.41, 5.74) is -1.43. The highest BCUT2D eigenvalue weighted by Gasteiger charge is 2.26. The van der Waals surface area contributed by atoms with E-state index in [1.54, 1.807) is 6.08 Å². The van der Waals surface area contributed by atoms with Gasteiger partial charge in [-0.3, -0.25) is 14.9 Å². The third-order valence-electron chi connectivity index (χ3n) is 3.46. The van der Waals surface area contributed by atoms with Crippen molar-refractivity contribution in [3.63, 3.8) is 0 Å². The standard InChI is InChI=1S/C15H16N2O6/c1-4-5-6-16-10-8-12(23-3)11(22-2)7-9(10)14(18)13(15(16)19)17(20)21/h4,7-8,18H,1,5-6H2,2-3H3. The molecule has 0 fully saturated rings. The summed E-state index contributed by atoms with van der Waals surface area (Å²) in [5, 5.41) is 21.4. The van der Waals surface area contributed by atoms with Crippen molar-refractivity contribution in [3.8, 4) is 17.2 Å². The fourth-order valence-corrected chi connectivity index (χ4v) is 2.35. The maximum atomic E-state index is 12.4. The lowest BCUT2D eigenvalue weighted by atomic mass is 10.1. The summed E-state index contributed by atoms with van der Waals surface area (Å²) >= 11 is 0. The van der Waals surface area contributed by atoms with Gasteiger partial charge in [-0.2, -0.15) is 0 Å². The van der Waals surface area contributed by atoms with Crippen LogP contribution < -0.4 is 15.0 Å². The number of rotatable bonds is 6. The van der Waals surface area contributed by atoms with E-state index >= 15 is 0 Å². The van der Waals surface area contributed by atoms with Crippen molar-refractivity contribution >= 4 is 16.6 Å². The summed E-state index contributed by atoms with van der Waals surface area (Å²) in [4.78, 5) is 22.6. The number of aromatic hydroxyl groups is 1. The van der Waals surface area contributed by atoms with Gasteiger partial charge in [0.1, 0.15) is 0 Å². The molecule has 0 amide bonds. The van der Waals surface area contributed by atoms with Crippen LogP contribution in [0.3, 0.4) is 0 Å². The molecule has 8 nitrogen and oxygen atoms in total. The van der Waals surface area contributed by atoms with E-state index in [4.69, 9.17) is 9.47 Å². The fourth-order valence-electron chi connectivity index (χ4n) is 2.35. The topological polar surface area (TPSA) is 104 Å². The molecule has 0 atom stereocenters. The molecule has 23 heavy (non-hydrogen) atoms. The molecule has 122 valence electrons. The minimum atomic E-state index is -0.891. The van der Waals surface area contributed by atoms with Gasteiger partial charge < -0.3 is 19.1 Å². The molecule has 0 aliphatic carbocycles. The number of hydrogen-bond acceptors (Lipinski definition) is 6. The van der Waals surface area contributed by atoms with Crippen LogP contribution in [0.5, 0.6) is 17.2 Å². The van der Waals surface area contributed by atoms with E-state index in [1.807, 2.05) is 0 Å². The van der Waals surface area contributed by atoms with E-state index in [1.165, 1.54) is 30.9 Å². The Balaban J connectivity index is 2.96. The second-order valence-electron chi connectivity index (χ2n) is 4.71. The van der Waals surface area contributed by atoms with Gasteiger partial charge in [0.25, 0.3) is 0 Å². The van der Waals surface area contributed by atoms with E-state index < -0.39 is 21.9 Å². The molecule has 0 radical (unpaired) electrons. The van der Waals surface area contributed by atoms with Crippen molar-refractivity contribution in [2.45, 2.75) is 13.0 Å². The molecule has 2 aromatic rings. The largest absolute Gasteiger partial charge is 0.501 e. The molecule has 0 bridgehead atoms. The average Bonchev–Trinajstić information content (AvgIpc) is 2.53. The number of nitro groups is 1. The van der Waals surface area contributed by atoms with Gasteiger partial charge in [-0.25, -0.2) is 0 Å². The Morgan fingerprint density at radius 2 is 1.96 bits per heavy atom. The van der Waals surface area contributed by atoms with Crippen LogP contribution in [0.15, 0.2) is 29.6 Å². The molecule has 0 spiro atoms. The van der Waals surface area contributed by atoms with Crippen LogP contribution in [-0.2, 0) is 6.54 Å². The predicted octanol–water partition coefficient (Wildman–Crippen LogP) is 2.21. The number of aromatic nitrogens is 1. The van der Waals surface area contributed by atoms with Gasteiger partial charge in [0.05, 0.1) is 30.0 Å². The molecule has 0 saturated heterocycles. The first kappa shape index (κ1) is 16.3. The minimum Gasteiger partial charge on any atom is -0.501 e. The number of allylic oxidation sites excluding steroid dienone is 1. The molecular formula is C15H16N2O6. The molecule has 1 aromatic heterocycles. The van der Waals surface area contributed by atoms with Crippen molar-refractivity contribution in [2.24, 2.45) is 0 Å². The van der Waals surface area contributed by atoms with Gasteiger partial charge >= 0.3 is 11.2 Å². The quantitative estimate of drug-likeness (QED) is 0.497. The highest BCUT2D eigenvalue weighted by Crippen LogP contribution is 2.38. The van der Waals surface area contributed by atoms with Crippen LogP contribution in [-0.4, -0.2) is 28.8 Å². The maximum absolute atomic E-state index is 12.4. The summed E-state index contributed by atoms with van der Waals surface area (Å²) < 4.78 is 11.5. The first-order valence-corrected chi connectivity index (χ1v) is 6.73. The zero-order valence-electron chi connectivity index (χ0n) is 12.7. The maximum Gasteiger partial charge on any atom is 0.375 e. The van der Waals surface area contributed by atoms with Crippen LogP contribution in [0.25, 0.3) is 10.9 Å². The summed E-state index contributed by atoms with van der Waals surface area (Å²) in [6, 6.07) is 2.91. The predicted molar refractivity (Wildman–Crippen MR) is 84.4 cm³/mol. The lowest BCUT2D eigenvalue weighted by Gasteiger charge is -2.14. The summed E-state index contributed by atoms with van der Waals surface area (Å²) in [6.07, 6.45) is 2.03. The Bertz CT molecular complexity index is 840. The van der Waals surface area contributed by atoms with Gasteiger partial charge in [0.15, 0.2) is 11.5 Å². The van der Waals surface area contributed by atoms with Crippen LogP contribution in [0.1, 0.15) is 6.42 Å². The number of methoxy groups -OCH3 is 2. The monoisotopic (exact) mass is 320 g/mol. The zero-order chi connectivity index (χ0) is 17.1. The minimum absolute atomic E-state index is 0.137. The van der Waals surface area contributed by atoms with Crippen LogP contribution >= 0.6 is 0 Å². The number of aryl methyl sites for hydroxylation is 1. The fraction of sp³-hybridized carbons (Fsp3) is 0.267. The number of pyridine rings is 1. The Hall–Kier alpha value is -3.03. The highest BCUT2D eigenvalue weighted by molar-refractivity contribution is 5.91. The molecule has 2 rings (SSSR count). The van der Waals surface area contributed by atoms with Gasteiger partial charge in [-0.15, -0.1) is 6.58 Å². The molecule has 8 heteroatoms. The van der Waals surface area contributed by atoms with Gasteiger partial charge in [-0.05, 0) is 12.5 Å².